The van der Waals surface area contributed by atoms with Crippen molar-refractivity contribution in [2.75, 3.05) is 33.5 Å². The van der Waals surface area contributed by atoms with E-state index in [1.807, 2.05) is 24.3 Å². The molecule has 8 nitrogen and oxygen atoms in total. The first-order chi connectivity index (χ1) is 14.2. The summed E-state index contributed by atoms with van der Waals surface area (Å²) in [5.41, 5.74) is 0.937. The Morgan fingerprint density at radius 3 is 2.69 bits per heavy atom. The Morgan fingerprint density at radius 2 is 1.86 bits per heavy atom. The van der Waals surface area contributed by atoms with Crippen LogP contribution in [-0.2, 0) is 0 Å². The van der Waals surface area contributed by atoms with Crippen molar-refractivity contribution in [2.24, 2.45) is 0 Å². The van der Waals surface area contributed by atoms with Crippen LogP contribution < -0.4 is 24.3 Å². The maximum Gasteiger partial charge on any atom is 0.273 e. The third-order valence-corrected chi connectivity index (χ3v) is 4.28. The molecule has 0 unspecified atom stereocenters. The molecule has 0 atom stereocenters. The molecule has 0 fully saturated rings. The van der Waals surface area contributed by atoms with Crippen LogP contribution in [0.5, 0.6) is 23.0 Å². The van der Waals surface area contributed by atoms with Crippen molar-refractivity contribution in [1.82, 2.24) is 10.5 Å². The number of ether oxygens (including phenoxy) is 4. The van der Waals surface area contributed by atoms with Gasteiger partial charge in [0.25, 0.3) is 5.91 Å². The number of nitrogens with zero attached hydrogens (tertiary/aromatic N) is 1. The van der Waals surface area contributed by atoms with E-state index in [0.717, 1.165) is 5.56 Å². The molecule has 1 amide bonds. The van der Waals surface area contributed by atoms with Gasteiger partial charge in [0.05, 0.1) is 13.7 Å². The molecule has 8 heteroatoms. The lowest BCUT2D eigenvalue weighted by Gasteiger charge is -2.18. The Kier molecular flexibility index (Phi) is 5.51. The summed E-state index contributed by atoms with van der Waals surface area (Å²) in [6.07, 6.45) is 0. The van der Waals surface area contributed by atoms with E-state index in [4.69, 9.17) is 23.5 Å². The number of methoxy groups -OCH3 is 1. The first kappa shape index (κ1) is 18.7. The molecule has 1 aliphatic rings. The second-order valence-corrected chi connectivity index (χ2v) is 6.19. The Bertz CT molecular complexity index is 1000. The maximum atomic E-state index is 12.3. The molecule has 29 heavy (non-hydrogen) atoms. The van der Waals surface area contributed by atoms with Crippen LogP contribution in [0.3, 0.4) is 0 Å². The fraction of sp³-hybridized carbons (Fsp3) is 0.238. The molecule has 4 rings (SSSR count). The number of aromatic nitrogens is 1. The average Bonchev–Trinajstić information content (AvgIpc) is 3.27. The summed E-state index contributed by atoms with van der Waals surface area (Å²) in [6.45, 7) is 1.62. The van der Waals surface area contributed by atoms with Crippen molar-refractivity contribution in [3.63, 3.8) is 0 Å². The van der Waals surface area contributed by atoms with Gasteiger partial charge < -0.3 is 28.8 Å². The van der Waals surface area contributed by atoms with Gasteiger partial charge in [-0.2, -0.15) is 0 Å². The number of amides is 1. The predicted octanol–water partition coefficient (Wildman–Crippen LogP) is 2.93. The Hall–Kier alpha value is -3.68. The number of nitrogens with one attached hydrogen (secondary N) is 1. The van der Waals surface area contributed by atoms with E-state index in [-0.39, 0.29) is 11.6 Å². The lowest BCUT2D eigenvalue weighted by Crippen LogP contribution is -2.28. The maximum absolute atomic E-state index is 12.3. The minimum absolute atomic E-state index is 0.187. The Labute approximate surface area is 167 Å². The number of carbonyl (C=O) groups is 1. The topological polar surface area (TPSA) is 92.1 Å². The van der Waals surface area contributed by atoms with Gasteiger partial charge in [-0.15, -0.1) is 0 Å². The predicted molar refractivity (Wildman–Crippen MR) is 104 cm³/mol. The molecule has 0 saturated heterocycles. The molecule has 3 aromatic rings. The van der Waals surface area contributed by atoms with Crippen LogP contribution in [0, 0.1) is 0 Å². The summed E-state index contributed by atoms with van der Waals surface area (Å²) in [7, 11) is 1.58. The summed E-state index contributed by atoms with van der Waals surface area (Å²) in [5.74, 6) is 2.71. The van der Waals surface area contributed by atoms with E-state index in [0.29, 0.717) is 55.1 Å². The zero-order valence-corrected chi connectivity index (χ0v) is 15.8. The van der Waals surface area contributed by atoms with E-state index in [2.05, 4.69) is 10.5 Å². The van der Waals surface area contributed by atoms with Gasteiger partial charge in [-0.3, -0.25) is 4.79 Å². The van der Waals surface area contributed by atoms with Gasteiger partial charge in [-0.25, -0.2) is 0 Å². The van der Waals surface area contributed by atoms with Crippen molar-refractivity contribution in [1.29, 1.82) is 0 Å². The monoisotopic (exact) mass is 396 g/mol. The molecule has 2 aromatic carbocycles. The van der Waals surface area contributed by atoms with Crippen LogP contribution in [-0.4, -0.2) is 44.5 Å². The molecule has 150 valence electrons. The van der Waals surface area contributed by atoms with Crippen molar-refractivity contribution < 1.29 is 28.3 Å². The highest BCUT2D eigenvalue weighted by Gasteiger charge is 2.17. The van der Waals surface area contributed by atoms with Crippen molar-refractivity contribution in [2.45, 2.75) is 0 Å². The van der Waals surface area contributed by atoms with Crippen molar-refractivity contribution in [3.8, 4) is 34.3 Å². The second-order valence-electron chi connectivity index (χ2n) is 6.19. The van der Waals surface area contributed by atoms with Crippen LogP contribution in [0.25, 0.3) is 11.3 Å². The third-order valence-electron chi connectivity index (χ3n) is 4.28. The minimum Gasteiger partial charge on any atom is -0.493 e. The fourth-order valence-corrected chi connectivity index (χ4v) is 2.87. The molecule has 0 bridgehead atoms. The minimum atomic E-state index is -0.346. The van der Waals surface area contributed by atoms with Gasteiger partial charge in [0.1, 0.15) is 19.8 Å². The van der Waals surface area contributed by atoms with Crippen LogP contribution in [0.2, 0.25) is 0 Å². The number of rotatable bonds is 7. The highest BCUT2D eigenvalue weighted by atomic mass is 16.6. The van der Waals surface area contributed by atoms with Crippen LogP contribution in [0.4, 0.5) is 0 Å². The van der Waals surface area contributed by atoms with Gasteiger partial charge in [0, 0.05) is 11.6 Å². The van der Waals surface area contributed by atoms with Gasteiger partial charge in [0.2, 0.25) is 0 Å². The van der Waals surface area contributed by atoms with Crippen LogP contribution in [0.15, 0.2) is 53.1 Å². The Balaban J connectivity index is 1.33. The first-order valence-electron chi connectivity index (χ1n) is 9.15. The smallest absolute Gasteiger partial charge is 0.273 e. The summed E-state index contributed by atoms with van der Waals surface area (Å²) in [5, 5.41) is 6.60. The summed E-state index contributed by atoms with van der Waals surface area (Å²) in [6, 6.07) is 14.3. The van der Waals surface area contributed by atoms with E-state index in [9.17, 15) is 4.79 Å². The summed E-state index contributed by atoms with van der Waals surface area (Å²) < 4.78 is 27.2. The van der Waals surface area contributed by atoms with Crippen LogP contribution in [0.1, 0.15) is 10.5 Å². The van der Waals surface area contributed by atoms with Crippen LogP contribution >= 0.6 is 0 Å². The number of para-hydroxylation sites is 2. The van der Waals surface area contributed by atoms with E-state index in [1.165, 1.54) is 0 Å². The third kappa shape index (κ3) is 4.26. The lowest BCUT2D eigenvalue weighted by molar-refractivity contribution is 0.0938. The number of hydrogen-bond acceptors (Lipinski definition) is 7. The van der Waals surface area contributed by atoms with Crippen molar-refractivity contribution >= 4 is 5.91 Å². The quantitative estimate of drug-likeness (QED) is 0.614. The fourth-order valence-electron chi connectivity index (χ4n) is 2.87. The lowest BCUT2D eigenvalue weighted by atomic mass is 10.1. The molecule has 1 aromatic heterocycles. The number of benzene rings is 2. The van der Waals surface area contributed by atoms with Gasteiger partial charge in [-0.05, 0) is 30.3 Å². The van der Waals surface area contributed by atoms with E-state index >= 15 is 0 Å². The second kappa shape index (κ2) is 8.55. The standard InChI is InChI=1S/C21H20N2O6/c1-25-16-4-2-3-5-17(16)26-9-8-22-21(24)15-13-19(29-23-15)14-6-7-18-20(12-14)28-11-10-27-18/h2-7,12-13H,8-11H2,1H3,(H,22,24). The van der Waals surface area contributed by atoms with E-state index < -0.39 is 0 Å². The Morgan fingerprint density at radius 1 is 1.07 bits per heavy atom. The molecular weight excluding hydrogens is 376 g/mol. The number of carbonyl (C=O) groups excluding carboxylic acids is 1. The summed E-state index contributed by atoms with van der Waals surface area (Å²) in [4.78, 5) is 12.3. The molecule has 1 aliphatic heterocycles. The molecule has 2 heterocycles. The average molecular weight is 396 g/mol. The zero-order valence-electron chi connectivity index (χ0n) is 15.8. The normalized spacial score (nSPS) is 12.3. The SMILES string of the molecule is COc1ccccc1OCCNC(=O)c1cc(-c2ccc3c(c2)OCCO3)on1. The molecular formula is C21H20N2O6. The molecule has 0 aliphatic carbocycles. The molecule has 1 N–H and O–H groups in total. The molecule has 0 saturated carbocycles. The molecule has 0 radical (unpaired) electrons. The van der Waals surface area contributed by atoms with Crippen molar-refractivity contribution in [3.05, 3.63) is 54.2 Å². The van der Waals surface area contributed by atoms with Gasteiger partial charge >= 0.3 is 0 Å². The van der Waals surface area contributed by atoms with Gasteiger partial charge in [0.15, 0.2) is 34.5 Å². The van der Waals surface area contributed by atoms with Gasteiger partial charge in [-0.1, -0.05) is 17.3 Å². The largest absolute Gasteiger partial charge is 0.493 e. The summed E-state index contributed by atoms with van der Waals surface area (Å²) >= 11 is 0. The molecule has 0 spiro atoms. The highest BCUT2D eigenvalue weighted by Crippen LogP contribution is 2.34. The number of hydrogen-bond donors (Lipinski definition) is 1. The zero-order chi connectivity index (χ0) is 20.1. The first-order valence-corrected chi connectivity index (χ1v) is 9.15. The van der Waals surface area contributed by atoms with E-state index in [1.54, 1.807) is 31.4 Å². The number of fused-ring (bicyclic) bond motifs is 1. The highest BCUT2D eigenvalue weighted by molar-refractivity contribution is 5.93.